The van der Waals surface area contributed by atoms with Crippen LogP contribution >= 0.6 is 11.3 Å². The van der Waals surface area contributed by atoms with E-state index in [4.69, 9.17) is 14.6 Å². The lowest BCUT2D eigenvalue weighted by Crippen LogP contribution is -2.36. The van der Waals surface area contributed by atoms with Gasteiger partial charge >= 0.3 is 5.97 Å². The number of carboxylic acid groups (broad SMARTS) is 1. The van der Waals surface area contributed by atoms with Crippen molar-refractivity contribution in [3.05, 3.63) is 15.8 Å². The van der Waals surface area contributed by atoms with Crippen LogP contribution in [0.2, 0.25) is 0 Å². The zero-order valence-corrected chi connectivity index (χ0v) is 13.7. The summed E-state index contributed by atoms with van der Waals surface area (Å²) < 4.78 is 37.4. The maximum atomic E-state index is 12.3. The Bertz CT molecular complexity index is 575. The Balaban J connectivity index is 2.91. The van der Waals surface area contributed by atoms with Gasteiger partial charge in [0.25, 0.3) is 0 Å². The molecule has 1 rings (SSSR count). The van der Waals surface area contributed by atoms with Crippen LogP contribution in [0.25, 0.3) is 0 Å². The smallest absolute Gasteiger partial charge is 0.347 e. The number of carboxylic acids is 1. The van der Waals surface area contributed by atoms with E-state index in [1.165, 1.54) is 5.38 Å². The van der Waals surface area contributed by atoms with E-state index in [0.29, 0.717) is 18.8 Å². The summed E-state index contributed by atoms with van der Waals surface area (Å²) in [5, 5.41) is 10.6. The van der Waals surface area contributed by atoms with E-state index >= 15 is 0 Å². The number of carbonyl (C=O) groups is 1. The van der Waals surface area contributed by atoms with Gasteiger partial charge in [0, 0.05) is 13.2 Å². The number of hydrogen-bond acceptors (Lipinski definition) is 6. The molecular formula is C12H19NO6S2. The van der Waals surface area contributed by atoms with Gasteiger partial charge in [0.05, 0.1) is 6.54 Å². The second-order valence-corrected chi connectivity index (χ2v) is 6.66. The number of rotatable bonds is 9. The van der Waals surface area contributed by atoms with E-state index in [2.05, 4.69) is 4.72 Å². The van der Waals surface area contributed by atoms with Gasteiger partial charge in [-0.2, -0.15) is 0 Å². The van der Waals surface area contributed by atoms with Crippen LogP contribution in [0, 0.1) is 6.92 Å². The number of ether oxygens (including phenoxy) is 2. The van der Waals surface area contributed by atoms with E-state index in [9.17, 15) is 13.2 Å². The third-order valence-electron chi connectivity index (χ3n) is 2.53. The van der Waals surface area contributed by atoms with Crippen LogP contribution in [0.5, 0.6) is 0 Å². The van der Waals surface area contributed by atoms with Crippen molar-refractivity contribution in [3.63, 3.8) is 0 Å². The molecule has 0 fully saturated rings. The zero-order valence-electron chi connectivity index (χ0n) is 12.1. The van der Waals surface area contributed by atoms with Gasteiger partial charge in [-0.15, -0.1) is 11.3 Å². The minimum absolute atomic E-state index is 0.0850. The van der Waals surface area contributed by atoms with Crippen LogP contribution in [0.4, 0.5) is 0 Å². The van der Waals surface area contributed by atoms with Crippen LogP contribution in [0.3, 0.4) is 0 Å². The molecule has 0 atom stereocenters. The topological polar surface area (TPSA) is 102 Å². The van der Waals surface area contributed by atoms with Crippen molar-refractivity contribution in [2.45, 2.75) is 32.0 Å². The van der Waals surface area contributed by atoms with Crippen LogP contribution in [-0.2, 0) is 19.5 Å². The predicted octanol–water partition coefficient (Wildman–Crippen LogP) is 1.43. The molecule has 0 saturated heterocycles. The second-order valence-electron chi connectivity index (χ2n) is 4.07. The van der Waals surface area contributed by atoms with Crippen molar-refractivity contribution in [2.75, 3.05) is 19.8 Å². The molecule has 0 spiro atoms. The summed E-state index contributed by atoms with van der Waals surface area (Å²) in [4.78, 5) is 10.7. The monoisotopic (exact) mass is 337 g/mol. The lowest BCUT2D eigenvalue weighted by atomic mass is 10.3. The van der Waals surface area contributed by atoms with Crippen molar-refractivity contribution in [1.82, 2.24) is 4.72 Å². The second kappa shape index (κ2) is 7.85. The third-order valence-corrected chi connectivity index (χ3v) is 5.35. The first-order valence-corrected chi connectivity index (χ1v) is 8.74. The summed E-state index contributed by atoms with van der Waals surface area (Å²) in [7, 11) is -3.94. The van der Waals surface area contributed by atoms with Crippen molar-refractivity contribution >= 4 is 27.3 Å². The average molecular weight is 337 g/mol. The van der Waals surface area contributed by atoms with Crippen molar-refractivity contribution < 1.29 is 27.8 Å². The van der Waals surface area contributed by atoms with Gasteiger partial charge in [-0.1, -0.05) is 0 Å². The maximum absolute atomic E-state index is 12.3. The Morgan fingerprint density at radius 1 is 1.38 bits per heavy atom. The van der Waals surface area contributed by atoms with Gasteiger partial charge in [0.2, 0.25) is 10.0 Å². The van der Waals surface area contributed by atoms with E-state index in [1.807, 2.05) is 0 Å². The van der Waals surface area contributed by atoms with Crippen LogP contribution in [0.15, 0.2) is 10.3 Å². The summed E-state index contributed by atoms with van der Waals surface area (Å²) in [6, 6.07) is 0. The Morgan fingerprint density at radius 3 is 2.43 bits per heavy atom. The molecule has 0 bridgehead atoms. The molecular weight excluding hydrogens is 318 g/mol. The fraction of sp³-hybridized carbons (Fsp3) is 0.583. The van der Waals surface area contributed by atoms with Gasteiger partial charge in [0.1, 0.15) is 9.77 Å². The highest BCUT2D eigenvalue weighted by atomic mass is 32.2. The fourth-order valence-corrected chi connectivity index (χ4v) is 4.35. The maximum Gasteiger partial charge on any atom is 0.347 e. The van der Waals surface area contributed by atoms with Gasteiger partial charge < -0.3 is 14.6 Å². The number of nitrogens with one attached hydrogen (secondary N) is 1. The van der Waals surface area contributed by atoms with Crippen molar-refractivity contribution in [3.8, 4) is 0 Å². The Hall–Kier alpha value is -1.00. The molecule has 2 N–H and O–H groups in total. The number of aromatic carboxylic acids is 1. The SMILES string of the molecule is CCOC(CNS(=O)(=O)c1c(C)csc1C(=O)O)OCC. The minimum Gasteiger partial charge on any atom is -0.477 e. The molecule has 0 unspecified atom stereocenters. The fourth-order valence-electron chi connectivity index (χ4n) is 1.70. The molecule has 0 aliphatic heterocycles. The summed E-state index contributed by atoms with van der Waals surface area (Å²) >= 11 is 0.885. The van der Waals surface area contributed by atoms with Gasteiger partial charge in [-0.25, -0.2) is 17.9 Å². The molecule has 1 heterocycles. The molecule has 9 heteroatoms. The Morgan fingerprint density at radius 2 is 1.95 bits per heavy atom. The molecule has 0 aromatic carbocycles. The van der Waals surface area contributed by atoms with Gasteiger partial charge in [-0.3, -0.25) is 0 Å². The number of aryl methyl sites for hydroxylation is 1. The molecule has 0 aliphatic carbocycles. The molecule has 0 aliphatic rings. The normalized spacial score (nSPS) is 12.0. The number of thiophene rings is 1. The first-order valence-electron chi connectivity index (χ1n) is 6.37. The third kappa shape index (κ3) is 4.75. The highest BCUT2D eigenvalue weighted by molar-refractivity contribution is 7.89. The summed E-state index contributed by atoms with van der Waals surface area (Å²) in [6.07, 6.45) is -0.706. The Labute approximate surface area is 127 Å². The van der Waals surface area contributed by atoms with Crippen molar-refractivity contribution in [1.29, 1.82) is 0 Å². The van der Waals surface area contributed by atoms with Gasteiger partial charge in [-0.05, 0) is 31.7 Å². The van der Waals surface area contributed by atoms with Crippen LogP contribution in [0.1, 0.15) is 29.1 Å². The molecule has 0 radical (unpaired) electrons. The molecule has 7 nitrogen and oxygen atoms in total. The summed E-state index contributed by atoms with van der Waals surface area (Å²) in [5.74, 6) is -1.26. The molecule has 21 heavy (non-hydrogen) atoms. The van der Waals surface area contributed by atoms with E-state index in [-0.39, 0.29) is 16.3 Å². The minimum atomic E-state index is -3.94. The summed E-state index contributed by atoms with van der Waals surface area (Å²) in [6.45, 7) is 5.77. The number of sulfonamides is 1. The first kappa shape index (κ1) is 18.1. The van der Waals surface area contributed by atoms with Crippen LogP contribution < -0.4 is 4.72 Å². The zero-order chi connectivity index (χ0) is 16.0. The highest BCUT2D eigenvalue weighted by Crippen LogP contribution is 2.26. The van der Waals surface area contributed by atoms with E-state index in [1.54, 1.807) is 20.8 Å². The molecule has 120 valence electrons. The largest absolute Gasteiger partial charge is 0.477 e. The average Bonchev–Trinajstić information content (AvgIpc) is 2.79. The standard InChI is InChI=1S/C12H19NO6S2/c1-4-18-9(19-5-2)6-13-21(16,17)11-8(3)7-20-10(11)12(14)15/h7,9,13H,4-6H2,1-3H3,(H,14,15). The molecule has 0 saturated carbocycles. The molecule has 1 aromatic heterocycles. The quantitative estimate of drug-likeness (QED) is 0.661. The summed E-state index contributed by atoms with van der Waals surface area (Å²) in [5.41, 5.74) is 0.397. The molecule has 1 aromatic rings. The Kier molecular flexibility index (Phi) is 6.75. The van der Waals surface area contributed by atoms with E-state index in [0.717, 1.165) is 11.3 Å². The molecule has 0 amide bonds. The predicted molar refractivity (Wildman–Crippen MR) is 78.2 cm³/mol. The number of hydrogen-bond donors (Lipinski definition) is 2. The lowest BCUT2D eigenvalue weighted by molar-refractivity contribution is -0.130. The highest BCUT2D eigenvalue weighted by Gasteiger charge is 2.27. The van der Waals surface area contributed by atoms with E-state index < -0.39 is 22.3 Å². The first-order chi connectivity index (χ1) is 9.83. The van der Waals surface area contributed by atoms with Crippen molar-refractivity contribution in [2.24, 2.45) is 0 Å². The lowest BCUT2D eigenvalue weighted by Gasteiger charge is -2.17. The van der Waals surface area contributed by atoms with Gasteiger partial charge in [0.15, 0.2) is 6.29 Å². The van der Waals surface area contributed by atoms with Crippen LogP contribution in [-0.4, -0.2) is 45.5 Å².